The van der Waals surface area contributed by atoms with Crippen molar-refractivity contribution in [2.45, 2.75) is 51.0 Å². The zero-order valence-corrected chi connectivity index (χ0v) is 18.5. The number of hydrogen-bond acceptors (Lipinski definition) is 5. The molecule has 1 saturated carbocycles. The van der Waals surface area contributed by atoms with Crippen LogP contribution >= 0.6 is 11.6 Å². The molecule has 166 valence electrons. The Hall–Kier alpha value is -2.99. The fourth-order valence-corrected chi connectivity index (χ4v) is 4.82. The molecule has 6 nitrogen and oxygen atoms in total. The van der Waals surface area contributed by atoms with E-state index in [1.807, 2.05) is 6.07 Å². The summed E-state index contributed by atoms with van der Waals surface area (Å²) in [6.45, 7) is 0.171. The van der Waals surface area contributed by atoms with Crippen LogP contribution in [-0.2, 0) is 9.59 Å². The summed E-state index contributed by atoms with van der Waals surface area (Å²) in [6, 6.07) is 12.4. The Morgan fingerprint density at radius 3 is 2.28 bits per heavy atom. The Labute approximate surface area is 192 Å². The average molecular weight is 453 g/mol. The second-order valence-electron chi connectivity index (χ2n) is 8.43. The number of fused-ring (bicyclic) bond motifs is 1. The second-order valence-corrected chi connectivity index (χ2v) is 8.87. The Morgan fingerprint density at radius 1 is 0.844 bits per heavy atom. The van der Waals surface area contributed by atoms with Crippen molar-refractivity contribution in [1.82, 2.24) is 4.90 Å². The zero-order valence-electron chi connectivity index (χ0n) is 17.7. The van der Waals surface area contributed by atoms with Gasteiger partial charge in [0.1, 0.15) is 5.70 Å². The number of benzene rings is 2. The molecule has 2 aromatic rings. The molecule has 1 fully saturated rings. The Morgan fingerprint density at radius 2 is 1.53 bits per heavy atom. The SMILES string of the molecule is O=C1C(Nc2ccc3c(c2)OCO3)=C(c2ccc(Cl)cc2)C(=O)N1C1CCCCCCC1. The molecule has 0 saturated heterocycles. The van der Waals surface area contributed by atoms with E-state index in [-0.39, 0.29) is 24.6 Å². The molecule has 2 amide bonds. The molecule has 2 aromatic carbocycles. The third-order valence-electron chi connectivity index (χ3n) is 6.33. The van der Waals surface area contributed by atoms with Gasteiger partial charge in [0.15, 0.2) is 11.5 Å². The molecule has 2 heterocycles. The molecular weight excluding hydrogens is 428 g/mol. The molecule has 32 heavy (non-hydrogen) atoms. The van der Waals surface area contributed by atoms with Gasteiger partial charge in [-0.25, -0.2) is 0 Å². The van der Waals surface area contributed by atoms with Crippen molar-refractivity contribution >= 4 is 34.7 Å². The van der Waals surface area contributed by atoms with E-state index >= 15 is 0 Å². The number of imide groups is 1. The van der Waals surface area contributed by atoms with E-state index in [1.54, 1.807) is 36.4 Å². The zero-order chi connectivity index (χ0) is 22.1. The first kappa shape index (κ1) is 20.9. The third kappa shape index (κ3) is 3.95. The highest BCUT2D eigenvalue weighted by Gasteiger charge is 2.42. The molecular formula is C25H25ClN2O4. The van der Waals surface area contributed by atoms with E-state index < -0.39 is 0 Å². The maximum absolute atomic E-state index is 13.6. The van der Waals surface area contributed by atoms with Crippen LogP contribution in [0.4, 0.5) is 5.69 Å². The van der Waals surface area contributed by atoms with Crippen LogP contribution in [0.5, 0.6) is 11.5 Å². The van der Waals surface area contributed by atoms with Gasteiger partial charge in [-0.3, -0.25) is 14.5 Å². The van der Waals surface area contributed by atoms with Gasteiger partial charge in [0, 0.05) is 22.8 Å². The Bertz CT molecular complexity index is 1070. The summed E-state index contributed by atoms with van der Waals surface area (Å²) in [5.74, 6) is 0.749. The molecule has 1 N–H and O–H groups in total. The van der Waals surface area contributed by atoms with E-state index in [0.29, 0.717) is 39.0 Å². The monoisotopic (exact) mass is 452 g/mol. The molecule has 1 aliphatic carbocycles. The van der Waals surface area contributed by atoms with Gasteiger partial charge in [-0.2, -0.15) is 0 Å². The average Bonchev–Trinajstić information content (AvgIpc) is 3.32. The minimum Gasteiger partial charge on any atom is -0.454 e. The van der Waals surface area contributed by atoms with Crippen LogP contribution in [0.2, 0.25) is 5.02 Å². The van der Waals surface area contributed by atoms with Gasteiger partial charge in [0.25, 0.3) is 11.8 Å². The van der Waals surface area contributed by atoms with Crippen molar-refractivity contribution in [3.63, 3.8) is 0 Å². The molecule has 5 rings (SSSR count). The summed E-state index contributed by atoms with van der Waals surface area (Å²) in [5, 5.41) is 3.79. The first-order valence-electron chi connectivity index (χ1n) is 11.2. The molecule has 0 radical (unpaired) electrons. The number of hydrogen-bond donors (Lipinski definition) is 1. The molecule has 0 bridgehead atoms. The highest BCUT2D eigenvalue weighted by Crippen LogP contribution is 2.38. The minimum absolute atomic E-state index is 0.0753. The lowest BCUT2D eigenvalue weighted by molar-refractivity contribution is -0.140. The highest BCUT2D eigenvalue weighted by molar-refractivity contribution is 6.37. The van der Waals surface area contributed by atoms with Crippen molar-refractivity contribution in [1.29, 1.82) is 0 Å². The second kappa shape index (κ2) is 8.87. The molecule has 3 aliphatic rings. The van der Waals surface area contributed by atoms with Gasteiger partial charge in [-0.05, 0) is 42.7 Å². The van der Waals surface area contributed by atoms with Crippen LogP contribution in [0.1, 0.15) is 50.5 Å². The van der Waals surface area contributed by atoms with Gasteiger partial charge < -0.3 is 14.8 Å². The highest BCUT2D eigenvalue weighted by atomic mass is 35.5. The first-order valence-corrected chi connectivity index (χ1v) is 11.5. The topological polar surface area (TPSA) is 67.9 Å². The van der Waals surface area contributed by atoms with E-state index in [9.17, 15) is 9.59 Å². The largest absolute Gasteiger partial charge is 0.454 e. The van der Waals surface area contributed by atoms with Crippen molar-refractivity contribution in [3.05, 3.63) is 58.7 Å². The summed E-state index contributed by atoms with van der Waals surface area (Å²) in [6.07, 6.45) is 7.27. The van der Waals surface area contributed by atoms with Crippen LogP contribution in [0.25, 0.3) is 5.57 Å². The lowest BCUT2D eigenvalue weighted by Crippen LogP contribution is -2.42. The number of carbonyl (C=O) groups excluding carboxylic acids is 2. The normalized spacial score (nSPS) is 19.3. The molecule has 0 atom stereocenters. The minimum atomic E-state index is -0.275. The van der Waals surface area contributed by atoms with Crippen molar-refractivity contribution in [2.24, 2.45) is 0 Å². The van der Waals surface area contributed by atoms with E-state index in [4.69, 9.17) is 21.1 Å². The fraction of sp³-hybridized carbons (Fsp3) is 0.360. The molecule has 0 spiro atoms. The quantitative estimate of drug-likeness (QED) is 0.631. The lowest BCUT2D eigenvalue weighted by atomic mass is 9.95. The van der Waals surface area contributed by atoms with Gasteiger partial charge in [0.2, 0.25) is 6.79 Å². The Balaban J connectivity index is 1.51. The number of nitrogens with zero attached hydrogens (tertiary/aromatic N) is 1. The summed E-state index contributed by atoms with van der Waals surface area (Å²) in [7, 11) is 0. The predicted molar refractivity (Wildman–Crippen MR) is 123 cm³/mol. The fourth-order valence-electron chi connectivity index (χ4n) is 4.69. The molecule has 2 aliphatic heterocycles. The van der Waals surface area contributed by atoms with Gasteiger partial charge in [-0.15, -0.1) is 0 Å². The van der Waals surface area contributed by atoms with Crippen LogP contribution in [0, 0.1) is 0 Å². The number of anilines is 1. The number of ether oxygens (including phenoxy) is 2. The molecule has 0 aromatic heterocycles. The maximum Gasteiger partial charge on any atom is 0.278 e. The maximum atomic E-state index is 13.6. The van der Waals surface area contributed by atoms with Crippen molar-refractivity contribution in [3.8, 4) is 11.5 Å². The van der Waals surface area contributed by atoms with Crippen LogP contribution in [0.15, 0.2) is 48.2 Å². The summed E-state index contributed by atoms with van der Waals surface area (Å²) < 4.78 is 10.8. The van der Waals surface area contributed by atoms with Crippen molar-refractivity contribution < 1.29 is 19.1 Å². The first-order chi connectivity index (χ1) is 15.6. The standard InChI is InChI=1S/C25H25ClN2O4/c26-17-10-8-16(9-11-17)22-23(27-18-12-13-20-21(14-18)32-15-31-20)25(30)28(24(22)29)19-6-4-2-1-3-5-7-19/h8-14,19,27H,1-7,15H2. The van der Waals surface area contributed by atoms with Crippen molar-refractivity contribution in [2.75, 3.05) is 12.1 Å². The predicted octanol–water partition coefficient (Wildman–Crippen LogP) is 5.37. The van der Waals surface area contributed by atoms with Gasteiger partial charge in [-0.1, -0.05) is 55.8 Å². The van der Waals surface area contributed by atoms with Gasteiger partial charge in [0.05, 0.1) is 5.57 Å². The summed E-state index contributed by atoms with van der Waals surface area (Å²) >= 11 is 6.07. The summed E-state index contributed by atoms with van der Waals surface area (Å²) in [4.78, 5) is 28.7. The molecule has 0 unspecified atom stereocenters. The molecule has 7 heteroatoms. The Kier molecular flexibility index (Phi) is 5.79. The van der Waals surface area contributed by atoms with Crippen LogP contribution < -0.4 is 14.8 Å². The lowest BCUT2D eigenvalue weighted by Gasteiger charge is -2.28. The number of rotatable bonds is 4. The number of amides is 2. The van der Waals surface area contributed by atoms with E-state index in [2.05, 4.69) is 5.32 Å². The number of halogens is 1. The number of carbonyl (C=O) groups is 2. The van der Waals surface area contributed by atoms with Crippen LogP contribution in [0.3, 0.4) is 0 Å². The van der Waals surface area contributed by atoms with Gasteiger partial charge >= 0.3 is 0 Å². The number of nitrogens with one attached hydrogen (secondary N) is 1. The van der Waals surface area contributed by atoms with E-state index in [0.717, 1.165) is 38.5 Å². The smallest absolute Gasteiger partial charge is 0.278 e. The van der Waals surface area contributed by atoms with Crippen LogP contribution in [-0.4, -0.2) is 29.5 Å². The van der Waals surface area contributed by atoms with E-state index in [1.165, 1.54) is 11.3 Å². The third-order valence-corrected chi connectivity index (χ3v) is 6.58. The summed E-state index contributed by atoms with van der Waals surface area (Å²) in [5.41, 5.74) is 2.00.